The van der Waals surface area contributed by atoms with Crippen LogP contribution in [0.4, 0.5) is 29.3 Å². The summed E-state index contributed by atoms with van der Waals surface area (Å²) >= 11 is 6.08. The second kappa shape index (κ2) is 15.9. The van der Waals surface area contributed by atoms with Crippen molar-refractivity contribution in [3.05, 3.63) is 56.2 Å². The van der Waals surface area contributed by atoms with Gasteiger partial charge in [0.1, 0.15) is 11.4 Å². The van der Waals surface area contributed by atoms with Gasteiger partial charge < -0.3 is 14.2 Å². The Hall–Kier alpha value is -2.06. The van der Waals surface area contributed by atoms with Crippen LogP contribution in [0.3, 0.4) is 0 Å². The predicted molar refractivity (Wildman–Crippen MR) is 182 cm³/mol. The SMILES string of the molecule is CCC(Cc1c(I)cc(I)c(NC(=O)OC(C)(C)C)c1I)C(=O)Oc1cc(C(=O)OC(CS(=O)(=O)O)C(F)(F)F)ccc1[N+](=O)[O-]. The number of benzene rings is 2. The fourth-order valence-corrected chi connectivity index (χ4v) is 8.35. The van der Waals surface area contributed by atoms with Crippen molar-refractivity contribution >= 4 is 107 Å². The van der Waals surface area contributed by atoms with E-state index in [9.17, 15) is 46.1 Å². The van der Waals surface area contributed by atoms with Crippen LogP contribution in [-0.4, -0.2) is 59.6 Å². The lowest BCUT2D eigenvalue weighted by Gasteiger charge is -2.22. The van der Waals surface area contributed by atoms with E-state index in [2.05, 4.69) is 10.1 Å². The maximum absolute atomic E-state index is 13.3. The third-order valence-corrected chi connectivity index (χ3v) is 9.47. The molecule has 2 N–H and O–H groups in total. The third kappa shape index (κ3) is 11.9. The van der Waals surface area contributed by atoms with Crippen molar-refractivity contribution in [2.24, 2.45) is 5.92 Å². The minimum absolute atomic E-state index is 0.0459. The van der Waals surface area contributed by atoms with Crippen LogP contribution in [0.2, 0.25) is 0 Å². The van der Waals surface area contributed by atoms with E-state index in [-0.39, 0.29) is 12.8 Å². The third-order valence-electron chi connectivity index (χ3n) is 5.75. The number of amides is 1. The standard InChI is InChI=1S/C26H26F3I3N2O11S/c1-5-12(8-14-15(30)10-16(31)21(20(14)32)33-24(37)45-25(2,3)4)22(35)43-18-9-13(6-7-17(18)34(38)39)23(36)44-19(26(27,28)29)11-46(40,41)42/h6-7,9-10,12,19H,5,8,11H2,1-4H3,(H,33,37)(H,40,41,42). The van der Waals surface area contributed by atoms with Gasteiger partial charge in [0, 0.05) is 22.8 Å². The lowest BCUT2D eigenvalue weighted by Crippen LogP contribution is -2.39. The zero-order valence-electron chi connectivity index (χ0n) is 24.2. The fourth-order valence-electron chi connectivity index (χ4n) is 3.63. The highest BCUT2D eigenvalue weighted by molar-refractivity contribution is 14.1. The quantitative estimate of drug-likeness (QED) is 0.0595. The van der Waals surface area contributed by atoms with Gasteiger partial charge in [0.05, 0.1) is 22.1 Å². The number of anilines is 1. The molecule has 20 heteroatoms. The molecule has 46 heavy (non-hydrogen) atoms. The van der Waals surface area contributed by atoms with Gasteiger partial charge in [-0.2, -0.15) is 21.6 Å². The average molecular weight is 1010 g/mol. The van der Waals surface area contributed by atoms with Gasteiger partial charge in [-0.1, -0.05) is 6.92 Å². The minimum atomic E-state index is -5.39. The largest absolute Gasteiger partial charge is 0.448 e. The van der Waals surface area contributed by atoms with E-state index in [0.717, 1.165) is 9.64 Å². The number of hydrogen-bond acceptors (Lipinski definition) is 10. The van der Waals surface area contributed by atoms with Crippen molar-refractivity contribution in [2.75, 3.05) is 11.1 Å². The van der Waals surface area contributed by atoms with Gasteiger partial charge in [-0.3, -0.25) is 24.8 Å². The summed E-state index contributed by atoms with van der Waals surface area (Å²) < 4.78 is 87.4. The first-order valence-electron chi connectivity index (χ1n) is 12.8. The molecule has 0 fully saturated rings. The predicted octanol–water partition coefficient (Wildman–Crippen LogP) is 6.91. The van der Waals surface area contributed by atoms with Crippen LogP contribution in [0.1, 0.15) is 50.0 Å². The first kappa shape index (κ1) is 40.1. The molecule has 1 amide bonds. The number of carbonyl (C=O) groups is 3. The number of nitrogens with one attached hydrogen (secondary N) is 1. The summed E-state index contributed by atoms with van der Waals surface area (Å²) in [5.41, 5.74) is -1.22. The lowest BCUT2D eigenvalue weighted by molar-refractivity contribution is -0.385. The number of nitro benzene ring substituents is 1. The molecule has 13 nitrogen and oxygen atoms in total. The lowest BCUT2D eigenvalue weighted by atomic mass is 9.96. The summed E-state index contributed by atoms with van der Waals surface area (Å²) in [6.07, 6.45) is -9.13. The van der Waals surface area contributed by atoms with Gasteiger partial charge in [0.25, 0.3) is 10.1 Å². The number of nitro groups is 1. The first-order valence-corrected chi connectivity index (χ1v) is 17.7. The summed E-state index contributed by atoms with van der Waals surface area (Å²) in [7, 11) is -5.22. The Morgan fingerprint density at radius 2 is 1.70 bits per heavy atom. The Kier molecular flexibility index (Phi) is 13.9. The smallest absolute Gasteiger partial charge is 0.426 e. The van der Waals surface area contributed by atoms with Crippen LogP contribution >= 0.6 is 67.8 Å². The van der Waals surface area contributed by atoms with Gasteiger partial charge >= 0.3 is 29.9 Å². The summed E-state index contributed by atoms with van der Waals surface area (Å²) in [5, 5.41) is 14.3. The number of hydrogen-bond donors (Lipinski definition) is 2. The molecule has 0 aliphatic heterocycles. The topological polar surface area (TPSA) is 188 Å². The summed E-state index contributed by atoms with van der Waals surface area (Å²) in [4.78, 5) is 48.9. The van der Waals surface area contributed by atoms with Crippen molar-refractivity contribution in [3.8, 4) is 5.75 Å². The van der Waals surface area contributed by atoms with Crippen LogP contribution in [0.15, 0.2) is 24.3 Å². The highest BCUT2D eigenvalue weighted by Crippen LogP contribution is 2.35. The van der Waals surface area contributed by atoms with Crippen LogP contribution < -0.4 is 10.1 Å². The van der Waals surface area contributed by atoms with Crippen molar-refractivity contribution in [1.29, 1.82) is 0 Å². The molecule has 2 rings (SSSR count). The molecule has 0 radical (unpaired) electrons. The summed E-state index contributed by atoms with van der Waals surface area (Å²) in [6, 6.07) is 3.81. The Bertz CT molecular complexity index is 1630. The van der Waals surface area contributed by atoms with Gasteiger partial charge in [0.15, 0.2) is 0 Å². The monoisotopic (exact) mass is 1010 g/mol. The highest BCUT2D eigenvalue weighted by atomic mass is 127. The minimum Gasteiger partial charge on any atom is -0.448 e. The molecule has 0 aliphatic rings. The number of rotatable bonds is 11. The molecule has 254 valence electrons. The van der Waals surface area contributed by atoms with Crippen LogP contribution in [0, 0.1) is 26.7 Å². The highest BCUT2D eigenvalue weighted by Gasteiger charge is 2.45. The molecular weight excluding hydrogens is 986 g/mol. The molecule has 0 heterocycles. The zero-order chi connectivity index (χ0) is 35.4. The average Bonchev–Trinajstić information content (AvgIpc) is 2.88. The van der Waals surface area contributed by atoms with Crippen molar-refractivity contribution in [1.82, 2.24) is 0 Å². The normalized spacial score (nSPS) is 13.4. The van der Waals surface area contributed by atoms with E-state index in [1.165, 1.54) is 0 Å². The molecule has 2 unspecified atom stereocenters. The van der Waals surface area contributed by atoms with E-state index in [1.54, 1.807) is 33.8 Å². The Labute approximate surface area is 302 Å². The first-order chi connectivity index (χ1) is 20.9. The molecule has 0 bridgehead atoms. The van der Waals surface area contributed by atoms with E-state index in [0.29, 0.717) is 30.5 Å². The number of alkyl halides is 3. The van der Waals surface area contributed by atoms with E-state index in [4.69, 9.17) is 14.0 Å². The molecule has 0 saturated carbocycles. The summed E-state index contributed by atoms with van der Waals surface area (Å²) in [6.45, 7) is 6.75. The number of ether oxygens (including phenoxy) is 3. The summed E-state index contributed by atoms with van der Waals surface area (Å²) in [5.74, 6) is -6.40. The molecule has 0 aliphatic carbocycles. The second-order valence-electron chi connectivity index (χ2n) is 10.5. The van der Waals surface area contributed by atoms with Crippen LogP contribution in [0.25, 0.3) is 0 Å². The van der Waals surface area contributed by atoms with Gasteiger partial charge in [-0.25, -0.2) is 9.59 Å². The Balaban J connectivity index is 2.40. The van der Waals surface area contributed by atoms with E-state index >= 15 is 0 Å². The maximum Gasteiger partial charge on any atom is 0.426 e. The molecule has 2 aromatic carbocycles. The molecule has 0 spiro atoms. The van der Waals surface area contributed by atoms with E-state index < -0.39 is 79.6 Å². The van der Waals surface area contributed by atoms with Gasteiger partial charge in [0.2, 0.25) is 11.9 Å². The molecule has 0 saturated heterocycles. The van der Waals surface area contributed by atoms with Crippen molar-refractivity contribution in [2.45, 2.75) is 58.4 Å². The Morgan fingerprint density at radius 1 is 1.09 bits per heavy atom. The van der Waals surface area contributed by atoms with Gasteiger partial charge in [-0.15, -0.1) is 0 Å². The van der Waals surface area contributed by atoms with E-state index in [1.807, 2.05) is 67.8 Å². The number of carbonyl (C=O) groups excluding carboxylic acids is 3. The Morgan fingerprint density at radius 3 is 2.20 bits per heavy atom. The number of esters is 2. The van der Waals surface area contributed by atoms with Crippen LogP contribution in [-0.2, 0) is 30.8 Å². The zero-order valence-corrected chi connectivity index (χ0v) is 31.5. The maximum atomic E-state index is 13.3. The molecule has 0 aromatic heterocycles. The van der Waals surface area contributed by atoms with Crippen LogP contribution in [0.5, 0.6) is 5.75 Å². The molecule has 2 aromatic rings. The molecular formula is C26H26F3I3N2O11S. The van der Waals surface area contributed by atoms with Gasteiger partial charge in [-0.05, 0) is 119 Å². The fraction of sp³-hybridized carbons (Fsp3) is 0.423. The number of halogens is 6. The molecule has 2 atom stereocenters. The van der Waals surface area contributed by atoms with Crippen molar-refractivity contribution < 1.29 is 59.7 Å². The second-order valence-corrected chi connectivity index (χ2v) is 15.4. The number of nitrogens with zero attached hydrogens (tertiary/aromatic N) is 1. The van der Waals surface area contributed by atoms with Crippen molar-refractivity contribution in [3.63, 3.8) is 0 Å².